The lowest BCUT2D eigenvalue weighted by Crippen LogP contribution is -2.00. The number of aryl methyl sites for hydroxylation is 2. The summed E-state index contributed by atoms with van der Waals surface area (Å²) in [4.78, 5) is 11.0. The van der Waals surface area contributed by atoms with Gasteiger partial charge in [0.05, 0.1) is 12.8 Å². The van der Waals surface area contributed by atoms with Crippen LogP contribution in [0.3, 0.4) is 0 Å². The quantitative estimate of drug-likeness (QED) is 0.930. The fourth-order valence-electron chi connectivity index (χ4n) is 2.17. The molecular weight excluding hydrogens is 324 g/mol. The van der Waals surface area contributed by atoms with E-state index in [0.29, 0.717) is 5.69 Å². The lowest BCUT2D eigenvalue weighted by atomic mass is 10.0. The maximum absolute atomic E-state index is 11.0. The van der Waals surface area contributed by atoms with E-state index >= 15 is 0 Å². The van der Waals surface area contributed by atoms with Crippen molar-refractivity contribution in [2.45, 2.75) is 13.3 Å². The van der Waals surface area contributed by atoms with Crippen molar-refractivity contribution in [1.29, 1.82) is 0 Å². The van der Waals surface area contributed by atoms with Crippen LogP contribution in [0.15, 0.2) is 22.7 Å². The lowest BCUT2D eigenvalue weighted by molar-refractivity contribution is 0.0689. The third kappa shape index (κ3) is 2.56. The molecule has 0 saturated carbocycles. The molecule has 0 bridgehead atoms. The molecule has 5 nitrogen and oxygen atoms in total. The summed E-state index contributed by atoms with van der Waals surface area (Å²) in [6.45, 7) is 2.04. The van der Waals surface area contributed by atoms with E-state index in [-0.39, 0.29) is 5.69 Å². The van der Waals surface area contributed by atoms with Crippen LogP contribution in [0.1, 0.15) is 23.0 Å². The number of hydrogen-bond acceptors (Lipinski definition) is 3. The number of carboxylic acid groups (broad SMARTS) is 1. The van der Waals surface area contributed by atoms with Crippen molar-refractivity contribution in [3.8, 4) is 17.0 Å². The van der Waals surface area contributed by atoms with Crippen LogP contribution in [0.5, 0.6) is 5.75 Å². The van der Waals surface area contributed by atoms with Crippen LogP contribution in [-0.4, -0.2) is 28.0 Å². The number of hydrogen-bond donors (Lipinski definition) is 1. The maximum atomic E-state index is 11.0. The van der Waals surface area contributed by atoms with E-state index in [0.717, 1.165) is 27.8 Å². The summed E-state index contributed by atoms with van der Waals surface area (Å²) in [5, 5.41) is 13.0. The molecule has 2 rings (SSSR count). The number of methoxy groups -OCH3 is 1. The summed E-state index contributed by atoms with van der Waals surface area (Å²) in [7, 11) is 3.33. The summed E-state index contributed by atoms with van der Waals surface area (Å²) in [6, 6.07) is 5.45. The van der Waals surface area contributed by atoms with Crippen LogP contribution >= 0.6 is 15.9 Å². The van der Waals surface area contributed by atoms with Gasteiger partial charge in [-0.2, -0.15) is 5.10 Å². The Balaban J connectivity index is 2.68. The fourth-order valence-corrected chi connectivity index (χ4v) is 2.67. The van der Waals surface area contributed by atoms with Gasteiger partial charge in [0, 0.05) is 17.1 Å². The summed E-state index contributed by atoms with van der Waals surface area (Å²) in [5.74, 6) is -0.299. The van der Waals surface area contributed by atoms with Crippen LogP contribution in [0, 0.1) is 0 Å². The van der Waals surface area contributed by atoms with Gasteiger partial charge in [-0.3, -0.25) is 4.68 Å². The fraction of sp³-hybridized carbons (Fsp3) is 0.286. The molecule has 0 fully saturated rings. The Labute approximate surface area is 125 Å². The molecule has 106 valence electrons. The minimum absolute atomic E-state index is 0.0163. The summed E-state index contributed by atoms with van der Waals surface area (Å²) in [5.41, 5.74) is 2.59. The normalized spacial score (nSPS) is 10.6. The molecule has 20 heavy (non-hydrogen) atoms. The molecule has 0 spiro atoms. The Morgan fingerprint density at radius 2 is 2.15 bits per heavy atom. The Bertz CT molecular complexity index is 665. The van der Waals surface area contributed by atoms with E-state index in [9.17, 15) is 4.79 Å². The van der Waals surface area contributed by atoms with Crippen LogP contribution in [0.2, 0.25) is 0 Å². The minimum atomic E-state index is -1.04. The monoisotopic (exact) mass is 338 g/mol. The van der Waals surface area contributed by atoms with Gasteiger partial charge in [0.1, 0.15) is 5.75 Å². The summed E-state index contributed by atoms with van der Waals surface area (Å²) in [6.07, 6.45) is 0.819. The molecule has 1 heterocycles. The van der Waals surface area contributed by atoms with Crippen molar-refractivity contribution in [3.63, 3.8) is 0 Å². The number of aromatic carboxylic acids is 1. The molecule has 0 aliphatic heterocycles. The zero-order valence-electron chi connectivity index (χ0n) is 11.5. The molecule has 1 aromatic heterocycles. The second-order valence-electron chi connectivity index (χ2n) is 4.34. The standard InChI is InChI=1S/C14H15BrN2O3/c1-4-8-5-9(15)6-10(13(8)20-3)12-7-11(14(18)19)16-17(12)2/h5-7H,4H2,1-3H3,(H,18,19). The zero-order chi connectivity index (χ0) is 14.9. The molecule has 0 unspecified atom stereocenters. The number of aromatic nitrogens is 2. The van der Waals surface area contributed by atoms with Crippen molar-refractivity contribution >= 4 is 21.9 Å². The maximum Gasteiger partial charge on any atom is 0.356 e. The van der Waals surface area contributed by atoms with Crippen molar-refractivity contribution in [1.82, 2.24) is 9.78 Å². The first-order chi connectivity index (χ1) is 9.47. The van der Waals surface area contributed by atoms with E-state index in [4.69, 9.17) is 9.84 Å². The molecule has 0 amide bonds. The Kier molecular flexibility index (Phi) is 4.13. The van der Waals surface area contributed by atoms with Gasteiger partial charge in [-0.25, -0.2) is 4.79 Å². The van der Waals surface area contributed by atoms with Crippen molar-refractivity contribution in [2.24, 2.45) is 7.05 Å². The molecule has 1 aromatic carbocycles. The van der Waals surface area contributed by atoms with E-state index in [1.165, 1.54) is 0 Å². The van der Waals surface area contributed by atoms with Gasteiger partial charge in [-0.05, 0) is 30.2 Å². The van der Waals surface area contributed by atoms with Crippen molar-refractivity contribution in [3.05, 3.63) is 33.9 Å². The predicted molar refractivity (Wildman–Crippen MR) is 79.2 cm³/mol. The summed E-state index contributed by atoms with van der Waals surface area (Å²) < 4.78 is 7.96. The number of rotatable bonds is 4. The van der Waals surface area contributed by atoms with Crippen molar-refractivity contribution in [2.75, 3.05) is 7.11 Å². The molecule has 0 atom stereocenters. The van der Waals surface area contributed by atoms with Gasteiger partial charge < -0.3 is 9.84 Å². The first-order valence-electron chi connectivity index (χ1n) is 6.12. The SMILES string of the molecule is CCc1cc(Br)cc(-c2cc(C(=O)O)nn2C)c1OC. The molecular formula is C14H15BrN2O3. The van der Waals surface area contributed by atoms with Gasteiger partial charge in [-0.1, -0.05) is 22.9 Å². The highest BCUT2D eigenvalue weighted by molar-refractivity contribution is 9.10. The first kappa shape index (κ1) is 14.6. The number of nitrogens with zero attached hydrogens (tertiary/aromatic N) is 2. The van der Waals surface area contributed by atoms with Crippen LogP contribution in [0.25, 0.3) is 11.3 Å². The summed E-state index contributed by atoms with van der Waals surface area (Å²) >= 11 is 3.47. The lowest BCUT2D eigenvalue weighted by Gasteiger charge is -2.13. The van der Waals surface area contributed by atoms with Gasteiger partial charge in [0.15, 0.2) is 5.69 Å². The smallest absolute Gasteiger partial charge is 0.356 e. The molecule has 2 aromatic rings. The zero-order valence-corrected chi connectivity index (χ0v) is 13.1. The second-order valence-corrected chi connectivity index (χ2v) is 5.26. The number of benzene rings is 1. The van der Waals surface area contributed by atoms with E-state index < -0.39 is 5.97 Å². The molecule has 0 radical (unpaired) electrons. The minimum Gasteiger partial charge on any atom is -0.496 e. The van der Waals surface area contributed by atoms with Crippen LogP contribution in [-0.2, 0) is 13.5 Å². The Morgan fingerprint density at radius 1 is 1.45 bits per heavy atom. The highest BCUT2D eigenvalue weighted by atomic mass is 79.9. The Hall–Kier alpha value is -1.82. The van der Waals surface area contributed by atoms with Crippen molar-refractivity contribution < 1.29 is 14.6 Å². The van der Waals surface area contributed by atoms with E-state index in [2.05, 4.69) is 21.0 Å². The number of ether oxygens (including phenoxy) is 1. The molecule has 1 N–H and O–H groups in total. The molecule has 0 aliphatic rings. The average molecular weight is 339 g/mol. The average Bonchev–Trinajstić information content (AvgIpc) is 2.79. The first-order valence-corrected chi connectivity index (χ1v) is 6.91. The number of carbonyl (C=O) groups is 1. The van der Waals surface area contributed by atoms with Gasteiger partial charge in [0.25, 0.3) is 0 Å². The third-order valence-electron chi connectivity index (χ3n) is 3.09. The van der Waals surface area contributed by atoms with Gasteiger partial charge in [0.2, 0.25) is 0 Å². The third-order valence-corrected chi connectivity index (χ3v) is 3.55. The topological polar surface area (TPSA) is 64.3 Å². The molecule has 0 aliphatic carbocycles. The highest BCUT2D eigenvalue weighted by Gasteiger charge is 2.18. The number of carboxylic acids is 1. The number of halogens is 1. The Morgan fingerprint density at radius 3 is 2.65 bits per heavy atom. The largest absolute Gasteiger partial charge is 0.496 e. The predicted octanol–water partition coefficient (Wildman–Crippen LogP) is 3.12. The van der Waals surface area contributed by atoms with E-state index in [1.807, 2.05) is 19.1 Å². The highest BCUT2D eigenvalue weighted by Crippen LogP contribution is 2.36. The second kappa shape index (κ2) is 5.66. The molecule has 6 heteroatoms. The van der Waals surface area contributed by atoms with Crippen LogP contribution in [0.4, 0.5) is 0 Å². The molecule has 0 saturated heterocycles. The van der Waals surface area contributed by atoms with E-state index in [1.54, 1.807) is 24.9 Å². The van der Waals surface area contributed by atoms with Gasteiger partial charge in [-0.15, -0.1) is 0 Å². The van der Waals surface area contributed by atoms with Gasteiger partial charge >= 0.3 is 5.97 Å². The van der Waals surface area contributed by atoms with Crippen LogP contribution < -0.4 is 4.74 Å².